The van der Waals surface area contributed by atoms with Gasteiger partial charge in [0.05, 0.1) is 6.04 Å². The van der Waals surface area contributed by atoms with Gasteiger partial charge in [0.15, 0.2) is 5.82 Å². The molecule has 1 fully saturated rings. The first-order valence-electron chi connectivity index (χ1n) is 8.42. The van der Waals surface area contributed by atoms with E-state index < -0.39 is 11.8 Å². The molecule has 0 saturated carbocycles. The van der Waals surface area contributed by atoms with E-state index in [1.807, 2.05) is 5.38 Å². The number of likely N-dealkylation sites (tertiary alicyclic amines) is 1. The molecule has 1 atom stereocenters. The summed E-state index contributed by atoms with van der Waals surface area (Å²) < 4.78 is 4.87. The van der Waals surface area contributed by atoms with Crippen molar-refractivity contribution in [3.63, 3.8) is 0 Å². The van der Waals surface area contributed by atoms with Crippen molar-refractivity contribution in [3.8, 4) is 0 Å². The Labute approximate surface area is 150 Å². The number of amides is 2. The van der Waals surface area contributed by atoms with Gasteiger partial charge in [-0.25, -0.2) is 0 Å². The van der Waals surface area contributed by atoms with Gasteiger partial charge in [0.25, 0.3) is 0 Å². The molecule has 1 unspecified atom stereocenters. The quantitative estimate of drug-likeness (QED) is 0.797. The average Bonchev–Trinajstić information content (AvgIpc) is 3.28. The lowest BCUT2D eigenvalue weighted by atomic mass is 10.0. The highest BCUT2D eigenvalue weighted by Crippen LogP contribution is 2.25. The number of carbonyl (C=O) groups excluding carboxylic acids is 2. The normalized spacial score (nSPS) is 16.4. The van der Waals surface area contributed by atoms with E-state index in [0.717, 1.165) is 13.1 Å². The Kier molecular flexibility index (Phi) is 5.83. The van der Waals surface area contributed by atoms with Gasteiger partial charge in [-0.15, -0.1) is 0 Å². The first kappa shape index (κ1) is 17.6. The number of carbonyl (C=O) groups is 2. The minimum atomic E-state index is -0.740. The number of thiophene rings is 1. The topological polar surface area (TPSA) is 87.5 Å². The van der Waals surface area contributed by atoms with E-state index in [-0.39, 0.29) is 11.9 Å². The zero-order valence-electron chi connectivity index (χ0n) is 14.2. The molecule has 1 aliphatic rings. The largest absolute Gasteiger partial charge is 0.360 e. The van der Waals surface area contributed by atoms with Crippen molar-refractivity contribution in [1.82, 2.24) is 15.4 Å². The maximum atomic E-state index is 12.1. The summed E-state index contributed by atoms with van der Waals surface area (Å²) in [5.41, 5.74) is 1.18. The van der Waals surface area contributed by atoms with Crippen LogP contribution in [0.3, 0.4) is 0 Å². The van der Waals surface area contributed by atoms with Gasteiger partial charge >= 0.3 is 11.8 Å². The summed E-state index contributed by atoms with van der Waals surface area (Å²) >= 11 is 1.64. The van der Waals surface area contributed by atoms with E-state index in [4.69, 9.17) is 4.52 Å². The molecule has 2 aromatic heterocycles. The summed E-state index contributed by atoms with van der Waals surface area (Å²) in [5.74, 6) is -0.602. The molecular weight excluding hydrogens is 340 g/mol. The first-order valence-corrected chi connectivity index (χ1v) is 9.36. The Hall–Kier alpha value is -2.19. The summed E-state index contributed by atoms with van der Waals surface area (Å²) in [6.07, 6.45) is 3.58. The molecule has 0 aliphatic carbocycles. The SMILES string of the molecule is Cc1cc(NC(=O)C(=O)NCC(c2ccsc2)N2CCCCC2)no1. The molecule has 1 aliphatic heterocycles. The molecule has 25 heavy (non-hydrogen) atoms. The second-order valence-electron chi connectivity index (χ2n) is 6.16. The second kappa shape index (κ2) is 8.26. The van der Waals surface area contributed by atoms with Crippen molar-refractivity contribution in [2.75, 3.05) is 25.0 Å². The Morgan fingerprint density at radius 1 is 1.32 bits per heavy atom. The lowest BCUT2D eigenvalue weighted by Crippen LogP contribution is -2.43. The average molecular weight is 362 g/mol. The van der Waals surface area contributed by atoms with Crippen LogP contribution in [0.25, 0.3) is 0 Å². The number of piperidine rings is 1. The van der Waals surface area contributed by atoms with Gasteiger partial charge in [0.2, 0.25) is 0 Å². The Morgan fingerprint density at radius 3 is 2.76 bits per heavy atom. The third-order valence-electron chi connectivity index (χ3n) is 4.29. The van der Waals surface area contributed by atoms with E-state index >= 15 is 0 Å². The summed E-state index contributed by atoms with van der Waals surface area (Å²) in [4.78, 5) is 26.5. The number of nitrogens with one attached hydrogen (secondary N) is 2. The van der Waals surface area contributed by atoms with E-state index in [1.165, 1.54) is 24.8 Å². The zero-order chi connectivity index (χ0) is 17.6. The summed E-state index contributed by atoms with van der Waals surface area (Å²) in [6.45, 7) is 4.15. The fourth-order valence-corrected chi connectivity index (χ4v) is 3.73. The fraction of sp³-hybridized carbons (Fsp3) is 0.471. The van der Waals surface area contributed by atoms with E-state index in [2.05, 4.69) is 32.1 Å². The lowest BCUT2D eigenvalue weighted by Gasteiger charge is -2.34. The Morgan fingerprint density at radius 2 is 2.12 bits per heavy atom. The van der Waals surface area contributed by atoms with E-state index in [0.29, 0.717) is 12.3 Å². The van der Waals surface area contributed by atoms with Crippen molar-refractivity contribution in [2.24, 2.45) is 0 Å². The monoisotopic (exact) mass is 362 g/mol. The molecular formula is C17H22N4O3S. The van der Waals surface area contributed by atoms with E-state index in [1.54, 1.807) is 24.3 Å². The molecule has 7 nitrogen and oxygen atoms in total. The van der Waals surface area contributed by atoms with Crippen molar-refractivity contribution < 1.29 is 14.1 Å². The number of nitrogens with zero attached hydrogens (tertiary/aromatic N) is 2. The number of rotatable bonds is 5. The molecule has 0 aromatic carbocycles. The summed E-state index contributed by atoms with van der Waals surface area (Å²) in [6, 6.07) is 3.74. The van der Waals surface area contributed by atoms with Crippen molar-refractivity contribution in [3.05, 3.63) is 34.2 Å². The molecule has 0 radical (unpaired) electrons. The zero-order valence-corrected chi connectivity index (χ0v) is 15.0. The van der Waals surface area contributed by atoms with Crippen LogP contribution in [-0.2, 0) is 9.59 Å². The number of aromatic nitrogens is 1. The molecule has 2 amide bonds. The molecule has 1 saturated heterocycles. The predicted molar refractivity (Wildman–Crippen MR) is 95.4 cm³/mol. The maximum Gasteiger partial charge on any atom is 0.314 e. The highest BCUT2D eigenvalue weighted by atomic mass is 32.1. The number of hydrogen-bond donors (Lipinski definition) is 2. The third kappa shape index (κ3) is 4.67. The standard InChI is InChI=1S/C17H22N4O3S/c1-12-9-15(20-24-12)19-17(23)16(22)18-10-14(13-5-8-25-11-13)21-6-3-2-4-7-21/h5,8-9,11,14H,2-4,6-7,10H2,1H3,(H,18,22)(H,19,20,23). The van der Waals surface area contributed by atoms with Crippen LogP contribution in [0.5, 0.6) is 0 Å². The van der Waals surface area contributed by atoms with Crippen molar-refractivity contribution in [2.45, 2.75) is 32.2 Å². The summed E-state index contributed by atoms with van der Waals surface area (Å²) in [7, 11) is 0. The number of anilines is 1. The van der Waals surface area contributed by atoms with Crippen LogP contribution < -0.4 is 10.6 Å². The van der Waals surface area contributed by atoms with Gasteiger partial charge < -0.3 is 9.84 Å². The van der Waals surface area contributed by atoms with Crippen LogP contribution in [0.2, 0.25) is 0 Å². The van der Waals surface area contributed by atoms with Crippen LogP contribution in [0.15, 0.2) is 27.4 Å². The third-order valence-corrected chi connectivity index (χ3v) is 4.99. The minimum Gasteiger partial charge on any atom is -0.360 e. The molecule has 134 valence electrons. The summed E-state index contributed by atoms with van der Waals surface area (Å²) in [5, 5.41) is 13.0. The Balaban J connectivity index is 1.58. The number of aryl methyl sites for hydroxylation is 1. The van der Waals surface area contributed by atoms with Crippen LogP contribution in [0.4, 0.5) is 5.82 Å². The van der Waals surface area contributed by atoms with Crippen LogP contribution in [-0.4, -0.2) is 41.5 Å². The highest BCUT2D eigenvalue weighted by Gasteiger charge is 2.24. The predicted octanol–water partition coefficient (Wildman–Crippen LogP) is 2.33. The lowest BCUT2D eigenvalue weighted by molar-refractivity contribution is -0.136. The smallest absolute Gasteiger partial charge is 0.314 e. The van der Waals surface area contributed by atoms with Crippen LogP contribution >= 0.6 is 11.3 Å². The van der Waals surface area contributed by atoms with Gasteiger partial charge in [0.1, 0.15) is 5.76 Å². The Bertz CT molecular complexity index is 707. The van der Waals surface area contributed by atoms with Crippen LogP contribution in [0.1, 0.15) is 36.6 Å². The molecule has 0 spiro atoms. The van der Waals surface area contributed by atoms with Crippen molar-refractivity contribution >= 4 is 29.0 Å². The molecule has 2 N–H and O–H groups in total. The molecule has 2 aromatic rings. The van der Waals surface area contributed by atoms with Gasteiger partial charge in [-0.1, -0.05) is 11.6 Å². The number of hydrogen-bond acceptors (Lipinski definition) is 6. The van der Waals surface area contributed by atoms with E-state index in [9.17, 15) is 9.59 Å². The van der Waals surface area contributed by atoms with Gasteiger partial charge in [-0.05, 0) is 55.2 Å². The maximum absolute atomic E-state index is 12.1. The molecule has 0 bridgehead atoms. The van der Waals surface area contributed by atoms with Crippen LogP contribution in [0, 0.1) is 6.92 Å². The molecule has 8 heteroatoms. The second-order valence-corrected chi connectivity index (χ2v) is 6.94. The van der Waals surface area contributed by atoms with Gasteiger partial charge in [-0.3, -0.25) is 19.8 Å². The first-order chi connectivity index (χ1) is 12.1. The minimum absolute atomic E-state index is 0.0950. The highest BCUT2D eigenvalue weighted by molar-refractivity contribution is 7.07. The van der Waals surface area contributed by atoms with Crippen molar-refractivity contribution in [1.29, 1.82) is 0 Å². The van der Waals surface area contributed by atoms with Gasteiger partial charge in [0, 0.05) is 12.6 Å². The van der Waals surface area contributed by atoms with Gasteiger partial charge in [-0.2, -0.15) is 11.3 Å². The fourth-order valence-electron chi connectivity index (χ4n) is 3.02. The molecule has 3 heterocycles. The molecule has 3 rings (SSSR count).